The van der Waals surface area contributed by atoms with Crippen molar-refractivity contribution < 1.29 is 23.4 Å². The first-order valence-electron chi connectivity index (χ1n) is 9.11. The van der Waals surface area contributed by atoms with Crippen molar-refractivity contribution in [1.82, 2.24) is 0 Å². The Labute approximate surface area is 176 Å². The molecule has 0 atom stereocenters. The van der Waals surface area contributed by atoms with Gasteiger partial charge in [0.25, 0.3) is 0 Å². The van der Waals surface area contributed by atoms with Crippen LogP contribution in [-0.4, -0.2) is 20.2 Å². The van der Waals surface area contributed by atoms with Crippen molar-refractivity contribution in [3.05, 3.63) is 75.3 Å². The fourth-order valence-corrected chi connectivity index (χ4v) is 3.77. The predicted molar refractivity (Wildman–Crippen MR) is 115 cm³/mol. The molecule has 6 nitrogen and oxygen atoms in total. The van der Waals surface area contributed by atoms with E-state index < -0.39 is 5.63 Å². The van der Waals surface area contributed by atoms with Gasteiger partial charge in [0.15, 0.2) is 11.5 Å². The van der Waals surface area contributed by atoms with E-state index in [1.54, 1.807) is 49.6 Å². The van der Waals surface area contributed by atoms with Crippen LogP contribution in [0.2, 0.25) is 0 Å². The number of benzene rings is 2. The molecule has 0 radical (unpaired) electrons. The van der Waals surface area contributed by atoms with E-state index in [1.165, 1.54) is 18.4 Å². The molecule has 4 rings (SSSR count). The van der Waals surface area contributed by atoms with Crippen molar-refractivity contribution in [3.63, 3.8) is 0 Å². The predicted octanol–water partition coefficient (Wildman–Crippen LogP) is 4.69. The van der Waals surface area contributed by atoms with Gasteiger partial charge in [-0.25, -0.2) is 4.79 Å². The summed E-state index contributed by atoms with van der Waals surface area (Å²) in [6, 6.07) is 15.7. The Morgan fingerprint density at radius 1 is 1.00 bits per heavy atom. The molecule has 152 valence electrons. The van der Waals surface area contributed by atoms with Crippen molar-refractivity contribution in [2.24, 2.45) is 0 Å². The zero-order chi connectivity index (χ0) is 21.1. The van der Waals surface area contributed by atoms with Crippen LogP contribution in [-0.2, 0) is 11.2 Å². The Balaban J connectivity index is 1.63. The van der Waals surface area contributed by atoms with E-state index in [9.17, 15) is 9.59 Å². The van der Waals surface area contributed by atoms with Gasteiger partial charge in [-0.2, -0.15) is 0 Å². The number of thiophene rings is 1. The summed E-state index contributed by atoms with van der Waals surface area (Å²) in [4.78, 5) is 25.6. The Morgan fingerprint density at radius 3 is 2.57 bits per heavy atom. The SMILES string of the molecule is COc1ccc(-c2cc3ccc(OC(=O)Cc4cccs4)cc3oc2=O)cc1OC. The molecule has 0 N–H and O–H groups in total. The van der Waals surface area contributed by atoms with Crippen molar-refractivity contribution in [2.75, 3.05) is 14.2 Å². The van der Waals surface area contributed by atoms with E-state index in [2.05, 4.69) is 0 Å². The maximum absolute atomic E-state index is 12.6. The first kappa shape index (κ1) is 19.7. The van der Waals surface area contributed by atoms with Gasteiger partial charge in [0, 0.05) is 16.3 Å². The van der Waals surface area contributed by atoms with Crippen LogP contribution in [0.4, 0.5) is 0 Å². The second-order valence-corrected chi connectivity index (χ2v) is 7.48. The van der Waals surface area contributed by atoms with Gasteiger partial charge in [0.2, 0.25) is 0 Å². The molecule has 2 aromatic carbocycles. The molecule has 0 aliphatic rings. The van der Waals surface area contributed by atoms with Crippen LogP contribution < -0.4 is 19.8 Å². The number of fused-ring (bicyclic) bond motifs is 1. The molecule has 0 saturated heterocycles. The number of hydrogen-bond acceptors (Lipinski definition) is 7. The fraction of sp³-hybridized carbons (Fsp3) is 0.130. The van der Waals surface area contributed by atoms with E-state index in [4.69, 9.17) is 18.6 Å². The normalized spacial score (nSPS) is 10.7. The Kier molecular flexibility index (Phi) is 5.54. The first-order chi connectivity index (χ1) is 14.6. The summed E-state index contributed by atoms with van der Waals surface area (Å²) >= 11 is 1.49. The molecule has 2 aromatic heterocycles. The lowest BCUT2D eigenvalue weighted by Gasteiger charge is -2.10. The minimum atomic E-state index is -0.503. The molecular weight excluding hydrogens is 404 g/mol. The average Bonchev–Trinajstić information content (AvgIpc) is 3.25. The second-order valence-electron chi connectivity index (χ2n) is 6.45. The highest BCUT2D eigenvalue weighted by Crippen LogP contribution is 2.32. The van der Waals surface area contributed by atoms with Gasteiger partial charge < -0.3 is 18.6 Å². The number of carbonyl (C=O) groups is 1. The van der Waals surface area contributed by atoms with E-state index in [0.29, 0.717) is 39.3 Å². The summed E-state index contributed by atoms with van der Waals surface area (Å²) < 4.78 is 21.4. The standard InChI is InChI=1S/C23H18O6S/c1-26-19-8-6-14(11-21(19)27-2)18-10-15-5-7-16(12-20(15)29-23(18)25)28-22(24)13-17-4-3-9-30-17/h3-12H,13H2,1-2H3. The summed E-state index contributed by atoms with van der Waals surface area (Å²) in [6.45, 7) is 0. The Bertz CT molecular complexity index is 1260. The molecule has 4 aromatic rings. The second kappa shape index (κ2) is 8.42. The Morgan fingerprint density at radius 2 is 1.83 bits per heavy atom. The van der Waals surface area contributed by atoms with Gasteiger partial charge >= 0.3 is 11.6 Å². The molecule has 0 saturated carbocycles. The van der Waals surface area contributed by atoms with Crippen molar-refractivity contribution in [1.29, 1.82) is 0 Å². The van der Waals surface area contributed by atoms with Gasteiger partial charge in [-0.1, -0.05) is 12.1 Å². The van der Waals surface area contributed by atoms with Gasteiger partial charge in [-0.15, -0.1) is 11.3 Å². The number of rotatable bonds is 6. The van der Waals surface area contributed by atoms with Crippen molar-refractivity contribution in [2.45, 2.75) is 6.42 Å². The minimum absolute atomic E-state index is 0.192. The van der Waals surface area contributed by atoms with Crippen LogP contribution >= 0.6 is 11.3 Å². The zero-order valence-electron chi connectivity index (χ0n) is 16.3. The minimum Gasteiger partial charge on any atom is -0.493 e. The van der Waals surface area contributed by atoms with Gasteiger partial charge in [-0.05, 0) is 47.3 Å². The number of ether oxygens (including phenoxy) is 3. The maximum atomic E-state index is 12.6. The molecule has 0 unspecified atom stereocenters. The van der Waals surface area contributed by atoms with Gasteiger partial charge in [0.1, 0.15) is 11.3 Å². The molecule has 7 heteroatoms. The maximum Gasteiger partial charge on any atom is 0.344 e. The molecule has 0 aliphatic heterocycles. The molecule has 0 bridgehead atoms. The monoisotopic (exact) mass is 422 g/mol. The number of esters is 1. The van der Waals surface area contributed by atoms with E-state index in [1.807, 2.05) is 17.5 Å². The lowest BCUT2D eigenvalue weighted by Crippen LogP contribution is -2.10. The molecular formula is C23H18O6S. The smallest absolute Gasteiger partial charge is 0.344 e. The molecule has 0 amide bonds. The third-order valence-electron chi connectivity index (χ3n) is 4.53. The van der Waals surface area contributed by atoms with Crippen LogP contribution in [0, 0.1) is 0 Å². The first-order valence-corrected chi connectivity index (χ1v) is 9.98. The summed E-state index contributed by atoms with van der Waals surface area (Å²) in [5.74, 6) is 1.04. The summed E-state index contributed by atoms with van der Waals surface area (Å²) in [6.07, 6.45) is 0.192. The van der Waals surface area contributed by atoms with Crippen LogP contribution in [0.15, 0.2) is 69.2 Å². The molecule has 2 heterocycles. The zero-order valence-corrected chi connectivity index (χ0v) is 17.2. The van der Waals surface area contributed by atoms with Crippen LogP contribution in [0.3, 0.4) is 0 Å². The fourth-order valence-electron chi connectivity index (χ4n) is 3.08. The highest BCUT2D eigenvalue weighted by molar-refractivity contribution is 7.10. The third-order valence-corrected chi connectivity index (χ3v) is 5.41. The van der Waals surface area contributed by atoms with Crippen molar-refractivity contribution >= 4 is 28.3 Å². The van der Waals surface area contributed by atoms with Crippen LogP contribution in [0.25, 0.3) is 22.1 Å². The van der Waals surface area contributed by atoms with E-state index in [-0.39, 0.29) is 12.4 Å². The van der Waals surface area contributed by atoms with Crippen LogP contribution in [0.1, 0.15) is 4.88 Å². The average molecular weight is 422 g/mol. The summed E-state index contributed by atoms with van der Waals surface area (Å²) in [7, 11) is 3.08. The van der Waals surface area contributed by atoms with Gasteiger partial charge in [-0.3, -0.25) is 4.79 Å². The highest BCUT2D eigenvalue weighted by Gasteiger charge is 2.13. The van der Waals surface area contributed by atoms with E-state index in [0.717, 1.165) is 4.88 Å². The van der Waals surface area contributed by atoms with Crippen molar-refractivity contribution in [3.8, 4) is 28.4 Å². The van der Waals surface area contributed by atoms with Crippen LogP contribution in [0.5, 0.6) is 17.2 Å². The number of hydrogen-bond donors (Lipinski definition) is 0. The molecule has 0 aliphatic carbocycles. The lowest BCUT2D eigenvalue weighted by atomic mass is 10.1. The number of carbonyl (C=O) groups excluding carboxylic acids is 1. The summed E-state index contributed by atoms with van der Waals surface area (Å²) in [5.41, 5.74) is 0.878. The molecule has 30 heavy (non-hydrogen) atoms. The van der Waals surface area contributed by atoms with Gasteiger partial charge in [0.05, 0.1) is 26.2 Å². The topological polar surface area (TPSA) is 75.0 Å². The Hall–Kier alpha value is -3.58. The summed E-state index contributed by atoms with van der Waals surface area (Å²) in [5, 5.41) is 2.61. The lowest BCUT2D eigenvalue weighted by molar-refractivity contribution is -0.133. The van der Waals surface area contributed by atoms with E-state index >= 15 is 0 Å². The quantitative estimate of drug-likeness (QED) is 0.255. The molecule has 0 spiro atoms. The largest absolute Gasteiger partial charge is 0.493 e. The molecule has 0 fully saturated rings. The number of methoxy groups -OCH3 is 2. The highest BCUT2D eigenvalue weighted by atomic mass is 32.1. The third kappa shape index (κ3) is 4.06.